The molecule has 1 atom stereocenters. The maximum atomic E-state index is 13.1. The molecule has 1 amide bonds. The van der Waals surface area contributed by atoms with Crippen LogP contribution in [0.4, 0.5) is 10.3 Å². The first kappa shape index (κ1) is 21.2. The summed E-state index contributed by atoms with van der Waals surface area (Å²) in [6.07, 6.45) is 6.03. The fourth-order valence-corrected chi connectivity index (χ4v) is 3.90. The monoisotopic (exact) mass is 438 g/mol. The minimum Gasteiger partial charge on any atom is -0.355 e. The normalized spacial score (nSPS) is 16.2. The van der Waals surface area contributed by atoms with E-state index in [0.29, 0.717) is 24.1 Å². The molecule has 5 nitrogen and oxygen atoms in total. The maximum absolute atomic E-state index is 13.1. The summed E-state index contributed by atoms with van der Waals surface area (Å²) >= 11 is 5.91. The lowest BCUT2D eigenvalue weighted by Gasteiger charge is -2.32. The highest BCUT2D eigenvalue weighted by Gasteiger charge is 2.26. The number of carbonyl (C=O) groups is 1. The van der Waals surface area contributed by atoms with Crippen LogP contribution < -0.4 is 10.2 Å². The molecular weight excluding hydrogens is 415 g/mol. The summed E-state index contributed by atoms with van der Waals surface area (Å²) in [5.41, 5.74) is 2.84. The van der Waals surface area contributed by atoms with Gasteiger partial charge in [-0.15, -0.1) is 0 Å². The predicted octanol–water partition coefficient (Wildman–Crippen LogP) is 4.51. The van der Waals surface area contributed by atoms with E-state index in [1.54, 1.807) is 24.5 Å². The molecule has 1 N–H and O–H groups in total. The lowest BCUT2D eigenvalue weighted by molar-refractivity contribution is -0.125. The average molecular weight is 439 g/mol. The summed E-state index contributed by atoms with van der Waals surface area (Å²) in [7, 11) is 0. The molecule has 2 aromatic carbocycles. The molecule has 3 aromatic rings. The number of nitrogens with zero attached hydrogens (tertiary/aromatic N) is 3. The van der Waals surface area contributed by atoms with Gasteiger partial charge in [0.1, 0.15) is 5.82 Å². The zero-order chi connectivity index (χ0) is 21.6. The van der Waals surface area contributed by atoms with Crippen LogP contribution in [0.3, 0.4) is 0 Å². The van der Waals surface area contributed by atoms with E-state index in [1.165, 1.54) is 12.1 Å². The summed E-state index contributed by atoms with van der Waals surface area (Å²) in [6.45, 7) is 2.02. The standard InChI is InChI=1S/C24H24ClFN4O/c25-21-7-3-17(4-8-21)11-12-27-23(31)19-2-1-13-30(16-19)24-28-14-20(15-29-24)18-5-9-22(26)10-6-18/h3-10,14-15,19H,1-2,11-13,16H2,(H,27,31). The van der Waals surface area contributed by atoms with Crippen molar-refractivity contribution >= 4 is 23.5 Å². The molecular formula is C24H24ClFN4O. The number of amides is 1. The van der Waals surface area contributed by atoms with E-state index < -0.39 is 0 Å². The molecule has 1 fully saturated rings. The van der Waals surface area contributed by atoms with Crippen molar-refractivity contribution in [3.8, 4) is 11.1 Å². The second kappa shape index (κ2) is 9.88. The van der Waals surface area contributed by atoms with Gasteiger partial charge in [0.15, 0.2) is 0 Å². The predicted molar refractivity (Wildman–Crippen MR) is 121 cm³/mol. The third kappa shape index (κ3) is 5.58. The highest BCUT2D eigenvalue weighted by Crippen LogP contribution is 2.23. The van der Waals surface area contributed by atoms with E-state index in [2.05, 4.69) is 20.2 Å². The Morgan fingerprint density at radius 1 is 1.06 bits per heavy atom. The Bertz CT molecular complexity index is 1010. The molecule has 1 aromatic heterocycles. The molecule has 1 aliphatic rings. The van der Waals surface area contributed by atoms with Gasteiger partial charge < -0.3 is 10.2 Å². The third-order valence-corrected chi connectivity index (χ3v) is 5.77. The maximum Gasteiger partial charge on any atom is 0.225 e. The van der Waals surface area contributed by atoms with E-state index in [-0.39, 0.29) is 17.6 Å². The SMILES string of the molecule is O=C(NCCc1ccc(Cl)cc1)C1CCCN(c2ncc(-c3ccc(F)cc3)cn2)C1. The van der Waals surface area contributed by atoms with Crippen molar-refractivity contribution in [1.29, 1.82) is 0 Å². The Morgan fingerprint density at radius 3 is 2.48 bits per heavy atom. The molecule has 2 heterocycles. The molecule has 1 saturated heterocycles. The second-order valence-electron chi connectivity index (χ2n) is 7.73. The summed E-state index contributed by atoms with van der Waals surface area (Å²) in [5.74, 6) is 0.331. The highest BCUT2D eigenvalue weighted by molar-refractivity contribution is 6.30. The van der Waals surface area contributed by atoms with Crippen LogP contribution in [0.15, 0.2) is 60.9 Å². The van der Waals surface area contributed by atoms with Crippen molar-refractivity contribution in [2.45, 2.75) is 19.3 Å². The van der Waals surface area contributed by atoms with Gasteiger partial charge >= 0.3 is 0 Å². The first-order valence-corrected chi connectivity index (χ1v) is 10.8. The van der Waals surface area contributed by atoms with Gasteiger partial charge in [-0.2, -0.15) is 0 Å². The first-order valence-electron chi connectivity index (χ1n) is 10.4. The van der Waals surface area contributed by atoms with Crippen LogP contribution in [0.1, 0.15) is 18.4 Å². The van der Waals surface area contributed by atoms with Gasteiger partial charge in [0.05, 0.1) is 5.92 Å². The van der Waals surface area contributed by atoms with Crippen LogP contribution >= 0.6 is 11.6 Å². The minimum absolute atomic E-state index is 0.0709. The van der Waals surface area contributed by atoms with Crippen LogP contribution in [0.25, 0.3) is 11.1 Å². The lowest BCUT2D eigenvalue weighted by atomic mass is 9.97. The molecule has 0 aliphatic carbocycles. The third-order valence-electron chi connectivity index (χ3n) is 5.52. The smallest absolute Gasteiger partial charge is 0.225 e. The van der Waals surface area contributed by atoms with Crippen molar-refractivity contribution < 1.29 is 9.18 Å². The minimum atomic E-state index is -0.271. The van der Waals surface area contributed by atoms with Crippen LogP contribution in [0.2, 0.25) is 5.02 Å². The van der Waals surface area contributed by atoms with Gasteiger partial charge in [0.25, 0.3) is 0 Å². The fraction of sp³-hybridized carbons (Fsp3) is 0.292. The fourth-order valence-electron chi connectivity index (χ4n) is 3.77. The van der Waals surface area contributed by atoms with Gasteiger partial charge in [0.2, 0.25) is 11.9 Å². The van der Waals surface area contributed by atoms with Crippen LogP contribution in [0, 0.1) is 11.7 Å². The number of rotatable bonds is 6. The summed E-state index contributed by atoms with van der Waals surface area (Å²) in [4.78, 5) is 23.7. The molecule has 31 heavy (non-hydrogen) atoms. The largest absolute Gasteiger partial charge is 0.355 e. The second-order valence-corrected chi connectivity index (χ2v) is 8.17. The number of halogens is 2. The summed E-state index contributed by atoms with van der Waals surface area (Å²) < 4.78 is 13.1. The van der Waals surface area contributed by atoms with Crippen molar-refractivity contribution in [3.63, 3.8) is 0 Å². The highest BCUT2D eigenvalue weighted by atomic mass is 35.5. The quantitative estimate of drug-likeness (QED) is 0.615. The Kier molecular flexibility index (Phi) is 6.77. The molecule has 0 spiro atoms. The summed E-state index contributed by atoms with van der Waals surface area (Å²) in [6, 6.07) is 13.9. The molecule has 0 radical (unpaired) electrons. The topological polar surface area (TPSA) is 58.1 Å². The number of anilines is 1. The molecule has 1 aliphatic heterocycles. The van der Waals surface area contributed by atoms with Crippen LogP contribution in [0.5, 0.6) is 0 Å². The summed E-state index contributed by atoms with van der Waals surface area (Å²) in [5, 5.41) is 3.76. The Labute approximate surface area is 186 Å². The average Bonchev–Trinajstić information content (AvgIpc) is 2.81. The van der Waals surface area contributed by atoms with E-state index in [0.717, 1.165) is 42.5 Å². The van der Waals surface area contributed by atoms with E-state index in [9.17, 15) is 9.18 Å². The molecule has 1 unspecified atom stereocenters. The van der Waals surface area contributed by atoms with Crippen molar-refractivity contribution in [2.24, 2.45) is 5.92 Å². The number of benzene rings is 2. The zero-order valence-electron chi connectivity index (χ0n) is 17.1. The molecule has 0 saturated carbocycles. The number of hydrogen-bond acceptors (Lipinski definition) is 4. The molecule has 0 bridgehead atoms. The molecule has 160 valence electrons. The number of piperidine rings is 1. The van der Waals surface area contributed by atoms with Crippen LogP contribution in [-0.4, -0.2) is 35.5 Å². The van der Waals surface area contributed by atoms with E-state index in [4.69, 9.17) is 11.6 Å². The van der Waals surface area contributed by atoms with Gasteiger partial charge in [-0.1, -0.05) is 35.9 Å². The lowest BCUT2D eigenvalue weighted by Crippen LogP contribution is -2.44. The number of nitrogens with one attached hydrogen (secondary N) is 1. The molecule has 4 rings (SSSR count). The van der Waals surface area contributed by atoms with Crippen molar-refractivity contribution in [3.05, 3.63) is 77.3 Å². The Balaban J connectivity index is 1.31. The molecule has 7 heteroatoms. The first-order chi connectivity index (χ1) is 15.1. The van der Waals surface area contributed by atoms with Crippen molar-refractivity contribution in [2.75, 3.05) is 24.5 Å². The van der Waals surface area contributed by atoms with Gasteiger partial charge in [0, 0.05) is 42.6 Å². The number of aromatic nitrogens is 2. The van der Waals surface area contributed by atoms with E-state index >= 15 is 0 Å². The Hall–Kier alpha value is -2.99. The zero-order valence-corrected chi connectivity index (χ0v) is 17.9. The van der Waals surface area contributed by atoms with E-state index in [1.807, 2.05) is 24.3 Å². The van der Waals surface area contributed by atoms with Gasteiger partial charge in [-0.25, -0.2) is 14.4 Å². The van der Waals surface area contributed by atoms with Gasteiger partial charge in [-0.05, 0) is 54.7 Å². The van der Waals surface area contributed by atoms with Crippen molar-refractivity contribution in [1.82, 2.24) is 15.3 Å². The number of hydrogen-bond donors (Lipinski definition) is 1. The van der Waals surface area contributed by atoms with Crippen LogP contribution in [-0.2, 0) is 11.2 Å². The van der Waals surface area contributed by atoms with Gasteiger partial charge in [-0.3, -0.25) is 4.79 Å². The number of carbonyl (C=O) groups excluding carboxylic acids is 1. The Morgan fingerprint density at radius 2 is 1.77 bits per heavy atom.